The van der Waals surface area contributed by atoms with Crippen molar-refractivity contribution >= 4 is 17.7 Å². The predicted octanol–water partition coefficient (Wildman–Crippen LogP) is 3.62. The van der Waals surface area contributed by atoms with E-state index in [1.807, 2.05) is 43.3 Å². The van der Waals surface area contributed by atoms with Gasteiger partial charge in [-0.2, -0.15) is 0 Å². The summed E-state index contributed by atoms with van der Waals surface area (Å²) in [5.74, 6) is -0.363. The van der Waals surface area contributed by atoms with Gasteiger partial charge in [0.2, 0.25) is 0 Å². The Hall–Kier alpha value is -2.89. The van der Waals surface area contributed by atoms with Crippen molar-refractivity contribution in [3.05, 3.63) is 48.2 Å². The number of hydrogen-bond acceptors (Lipinski definition) is 4. The van der Waals surface area contributed by atoms with Crippen LogP contribution in [-0.4, -0.2) is 41.6 Å². The number of nitrogens with zero attached hydrogens (tertiary/aromatic N) is 2. The number of piperidine rings is 1. The third-order valence-corrected chi connectivity index (χ3v) is 4.67. The smallest absolute Gasteiger partial charge is 0.328 e. The summed E-state index contributed by atoms with van der Waals surface area (Å²) < 4.78 is 4.84. The molecule has 1 saturated heterocycles. The Bertz CT molecular complexity index is 792. The molecule has 6 nitrogen and oxygen atoms in total. The maximum absolute atomic E-state index is 12.7. The van der Waals surface area contributed by atoms with E-state index in [9.17, 15) is 9.59 Å². The van der Waals surface area contributed by atoms with Gasteiger partial charge in [0.1, 0.15) is 6.04 Å². The summed E-state index contributed by atoms with van der Waals surface area (Å²) in [6.07, 6.45) is 4.17. The molecule has 2 heterocycles. The number of pyridine rings is 1. The van der Waals surface area contributed by atoms with E-state index in [2.05, 4.69) is 10.3 Å². The van der Waals surface area contributed by atoms with Gasteiger partial charge in [-0.3, -0.25) is 4.98 Å². The third-order valence-electron chi connectivity index (χ3n) is 4.67. The van der Waals surface area contributed by atoms with E-state index in [0.29, 0.717) is 18.7 Å². The van der Waals surface area contributed by atoms with Crippen LogP contribution in [0.1, 0.15) is 24.8 Å². The highest BCUT2D eigenvalue weighted by atomic mass is 16.5. The summed E-state index contributed by atoms with van der Waals surface area (Å²) >= 11 is 0. The van der Waals surface area contributed by atoms with Crippen LogP contribution in [-0.2, 0) is 9.53 Å². The number of likely N-dealkylation sites (tertiary alicyclic amines) is 1. The number of anilines is 1. The van der Waals surface area contributed by atoms with Gasteiger partial charge < -0.3 is 15.0 Å². The van der Waals surface area contributed by atoms with Crippen LogP contribution in [0.15, 0.2) is 42.6 Å². The van der Waals surface area contributed by atoms with Gasteiger partial charge in [-0.05, 0) is 56.0 Å². The summed E-state index contributed by atoms with van der Waals surface area (Å²) in [6, 6.07) is 10.7. The number of methoxy groups -OCH3 is 1. The molecule has 1 atom stereocenters. The fourth-order valence-electron chi connectivity index (χ4n) is 3.25. The van der Waals surface area contributed by atoms with Crippen molar-refractivity contribution in [2.75, 3.05) is 19.0 Å². The van der Waals surface area contributed by atoms with Crippen molar-refractivity contribution in [1.82, 2.24) is 9.88 Å². The van der Waals surface area contributed by atoms with Gasteiger partial charge >= 0.3 is 12.0 Å². The monoisotopic (exact) mass is 353 g/mol. The number of aromatic nitrogens is 1. The molecule has 6 heteroatoms. The minimum Gasteiger partial charge on any atom is -0.467 e. The molecule has 1 aliphatic rings. The zero-order chi connectivity index (χ0) is 18.5. The lowest BCUT2D eigenvalue weighted by molar-refractivity contribution is -0.146. The molecule has 0 bridgehead atoms. The predicted molar refractivity (Wildman–Crippen MR) is 99.8 cm³/mol. The fourth-order valence-corrected chi connectivity index (χ4v) is 3.25. The van der Waals surface area contributed by atoms with E-state index in [-0.39, 0.29) is 12.0 Å². The second-order valence-corrected chi connectivity index (χ2v) is 6.40. The van der Waals surface area contributed by atoms with Crippen molar-refractivity contribution < 1.29 is 14.3 Å². The Morgan fingerprint density at radius 2 is 2.08 bits per heavy atom. The molecular formula is C20H23N3O3. The Kier molecular flexibility index (Phi) is 5.51. The van der Waals surface area contributed by atoms with Crippen LogP contribution in [0.5, 0.6) is 0 Å². The van der Waals surface area contributed by atoms with Gasteiger partial charge in [0.25, 0.3) is 0 Å². The number of rotatable bonds is 3. The van der Waals surface area contributed by atoms with Crippen LogP contribution in [0.25, 0.3) is 11.3 Å². The van der Waals surface area contributed by atoms with Crippen molar-refractivity contribution in [2.45, 2.75) is 32.2 Å². The number of benzene rings is 1. The standard InChI is InChI=1S/C20H23N3O3/c1-14-9-10-15(13-16(14)17-7-3-5-11-21-17)22-20(25)23-12-6-4-8-18(23)19(24)26-2/h3,5,7,9-11,13,18H,4,6,8,12H2,1-2H3,(H,22,25). The number of nitrogens with one attached hydrogen (secondary N) is 1. The third kappa shape index (κ3) is 3.85. The molecule has 3 rings (SSSR count). The topological polar surface area (TPSA) is 71.5 Å². The first-order valence-corrected chi connectivity index (χ1v) is 8.77. The lowest BCUT2D eigenvalue weighted by Gasteiger charge is -2.33. The average molecular weight is 353 g/mol. The molecule has 0 radical (unpaired) electrons. The van der Waals surface area contributed by atoms with Gasteiger partial charge in [-0.1, -0.05) is 12.1 Å². The zero-order valence-corrected chi connectivity index (χ0v) is 15.1. The zero-order valence-electron chi connectivity index (χ0n) is 15.1. The molecule has 2 amide bonds. The van der Waals surface area contributed by atoms with Crippen LogP contribution in [0.3, 0.4) is 0 Å². The molecule has 0 spiro atoms. The number of urea groups is 1. The van der Waals surface area contributed by atoms with Crippen LogP contribution in [0, 0.1) is 6.92 Å². The second-order valence-electron chi connectivity index (χ2n) is 6.40. The van der Waals surface area contributed by atoms with Crippen LogP contribution < -0.4 is 5.32 Å². The Balaban J connectivity index is 1.80. The summed E-state index contributed by atoms with van der Waals surface area (Å²) in [6.45, 7) is 2.55. The number of esters is 1. The molecule has 136 valence electrons. The highest BCUT2D eigenvalue weighted by Gasteiger charge is 2.32. The Morgan fingerprint density at radius 1 is 1.23 bits per heavy atom. The van der Waals surface area contributed by atoms with Crippen molar-refractivity contribution in [2.24, 2.45) is 0 Å². The van der Waals surface area contributed by atoms with E-state index in [1.54, 1.807) is 11.1 Å². The summed E-state index contributed by atoms with van der Waals surface area (Å²) in [5.41, 5.74) is 3.57. The van der Waals surface area contributed by atoms with E-state index >= 15 is 0 Å². The molecule has 1 unspecified atom stereocenters. The molecule has 26 heavy (non-hydrogen) atoms. The highest BCUT2D eigenvalue weighted by Crippen LogP contribution is 2.26. The number of carbonyl (C=O) groups is 2. The second kappa shape index (κ2) is 7.99. The number of ether oxygens (including phenoxy) is 1. The van der Waals surface area contributed by atoms with Crippen molar-refractivity contribution in [3.63, 3.8) is 0 Å². The Labute approximate surface area is 153 Å². The van der Waals surface area contributed by atoms with Gasteiger partial charge in [-0.15, -0.1) is 0 Å². The van der Waals surface area contributed by atoms with Crippen molar-refractivity contribution in [3.8, 4) is 11.3 Å². The van der Waals surface area contributed by atoms with Gasteiger partial charge in [0.15, 0.2) is 0 Å². The number of carbonyl (C=O) groups excluding carboxylic acids is 2. The molecule has 0 aliphatic carbocycles. The lowest BCUT2D eigenvalue weighted by Crippen LogP contribution is -2.50. The van der Waals surface area contributed by atoms with Crippen LogP contribution >= 0.6 is 0 Å². The molecule has 1 aromatic carbocycles. The molecule has 1 aromatic heterocycles. The first kappa shape index (κ1) is 17.9. The molecule has 2 aromatic rings. The lowest BCUT2D eigenvalue weighted by atomic mass is 10.0. The molecular weight excluding hydrogens is 330 g/mol. The van der Waals surface area contributed by atoms with Gasteiger partial charge in [0.05, 0.1) is 12.8 Å². The van der Waals surface area contributed by atoms with Crippen LogP contribution in [0.4, 0.5) is 10.5 Å². The maximum Gasteiger partial charge on any atom is 0.328 e. The minimum absolute atomic E-state index is 0.282. The van der Waals surface area contributed by atoms with E-state index in [1.165, 1.54) is 7.11 Å². The first-order valence-electron chi connectivity index (χ1n) is 8.77. The van der Waals surface area contributed by atoms with E-state index < -0.39 is 6.04 Å². The maximum atomic E-state index is 12.7. The van der Waals surface area contributed by atoms with Gasteiger partial charge in [0, 0.05) is 24.0 Å². The summed E-state index contributed by atoms with van der Waals surface area (Å²) in [7, 11) is 1.35. The first-order chi connectivity index (χ1) is 12.6. The van der Waals surface area contributed by atoms with Crippen molar-refractivity contribution in [1.29, 1.82) is 0 Å². The fraction of sp³-hybridized carbons (Fsp3) is 0.350. The minimum atomic E-state index is -0.519. The highest BCUT2D eigenvalue weighted by molar-refractivity contribution is 5.93. The normalized spacial score (nSPS) is 16.8. The number of hydrogen-bond donors (Lipinski definition) is 1. The quantitative estimate of drug-likeness (QED) is 0.856. The van der Waals surface area contributed by atoms with Gasteiger partial charge in [-0.25, -0.2) is 9.59 Å². The summed E-state index contributed by atoms with van der Waals surface area (Å²) in [4.78, 5) is 30.6. The number of amides is 2. The summed E-state index contributed by atoms with van der Waals surface area (Å²) in [5, 5.41) is 2.91. The molecule has 1 aliphatic heterocycles. The number of aryl methyl sites for hydroxylation is 1. The largest absolute Gasteiger partial charge is 0.467 e. The Morgan fingerprint density at radius 3 is 2.81 bits per heavy atom. The molecule has 0 saturated carbocycles. The SMILES string of the molecule is COC(=O)C1CCCCN1C(=O)Nc1ccc(C)c(-c2ccccn2)c1. The average Bonchev–Trinajstić information content (AvgIpc) is 2.69. The molecule has 1 N–H and O–H groups in total. The van der Waals surface area contributed by atoms with Crippen LogP contribution in [0.2, 0.25) is 0 Å². The van der Waals surface area contributed by atoms with E-state index in [0.717, 1.165) is 29.7 Å². The van der Waals surface area contributed by atoms with E-state index in [4.69, 9.17) is 4.74 Å². The molecule has 1 fully saturated rings.